The number of rotatable bonds is 6. The van der Waals surface area contributed by atoms with Crippen molar-refractivity contribution in [1.82, 2.24) is 15.2 Å². The molecule has 3 rings (SSSR count). The van der Waals surface area contributed by atoms with E-state index in [0.29, 0.717) is 22.7 Å². The maximum absolute atomic E-state index is 12.5. The molecule has 1 saturated heterocycles. The van der Waals surface area contributed by atoms with Crippen LogP contribution in [0.15, 0.2) is 47.6 Å². The number of pyridine rings is 1. The highest BCUT2D eigenvalue weighted by molar-refractivity contribution is 8.00. The molecule has 1 unspecified atom stereocenters. The summed E-state index contributed by atoms with van der Waals surface area (Å²) in [5.74, 6) is -1.77. The molecule has 1 N–H and O–H groups in total. The molecule has 0 saturated carbocycles. The summed E-state index contributed by atoms with van der Waals surface area (Å²) >= 11 is 1.26. The molecule has 9 heteroatoms. The number of carbonyl (C=O) groups excluding carboxylic acids is 4. The molecule has 0 bridgehead atoms. The van der Waals surface area contributed by atoms with Gasteiger partial charge in [-0.05, 0) is 36.1 Å². The molecule has 0 spiro atoms. The first kappa shape index (κ1) is 21.4. The summed E-state index contributed by atoms with van der Waals surface area (Å²) in [4.78, 5) is 57.4. The van der Waals surface area contributed by atoms with Crippen molar-refractivity contribution < 1.29 is 19.2 Å². The average Bonchev–Trinajstić information content (AvgIpc) is 3.06. The average molecular weight is 424 g/mol. The number of carbonyl (C=O) groups is 4. The lowest BCUT2D eigenvalue weighted by Crippen LogP contribution is -2.37. The number of imide groups is 3. The molecule has 2 heterocycles. The summed E-state index contributed by atoms with van der Waals surface area (Å²) in [7, 11) is 1.57. The molecule has 1 atom stereocenters. The second-order valence-electron chi connectivity index (χ2n) is 6.51. The summed E-state index contributed by atoms with van der Waals surface area (Å²) in [5.41, 5.74) is 2.21. The normalized spacial score (nSPS) is 16.3. The quantitative estimate of drug-likeness (QED) is 0.558. The summed E-state index contributed by atoms with van der Waals surface area (Å²) in [5, 5.41) is 2.05. The molecule has 1 aromatic carbocycles. The zero-order chi connectivity index (χ0) is 21.7. The minimum atomic E-state index is -0.652. The molecule has 154 valence electrons. The molecular formula is C21H20N4O4S. The van der Waals surface area contributed by atoms with E-state index in [0.717, 1.165) is 5.56 Å². The first-order chi connectivity index (χ1) is 14.4. The summed E-state index contributed by atoms with van der Waals surface area (Å²) < 4.78 is 0. The lowest BCUT2D eigenvalue weighted by atomic mass is 10.1. The van der Waals surface area contributed by atoms with Gasteiger partial charge in [-0.25, -0.2) is 4.90 Å². The largest absolute Gasteiger partial charge is 0.355 e. The number of aliphatic imine (C=N–C) groups is 1. The van der Waals surface area contributed by atoms with E-state index in [1.807, 2.05) is 0 Å². The van der Waals surface area contributed by atoms with Crippen LogP contribution in [0.2, 0.25) is 0 Å². The van der Waals surface area contributed by atoms with E-state index in [4.69, 9.17) is 0 Å². The van der Waals surface area contributed by atoms with E-state index in [2.05, 4.69) is 15.3 Å². The molecular weight excluding hydrogens is 404 g/mol. The number of amides is 4. The molecule has 1 aliphatic rings. The third kappa shape index (κ3) is 4.62. The van der Waals surface area contributed by atoms with Crippen molar-refractivity contribution in [3.8, 4) is 0 Å². The van der Waals surface area contributed by atoms with Gasteiger partial charge in [0.05, 0.1) is 23.1 Å². The van der Waals surface area contributed by atoms with Gasteiger partial charge in [-0.2, -0.15) is 11.8 Å². The Morgan fingerprint density at radius 1 is 1.20 bits per heavy atom. The van der Waals surface area contributed by atoms with Gasteiger partial charge in [0, 0.05) is 31.4 Å². The van der Waals surface area contributed by atoms with Crippen LogP contribution in [-0.2, 0) is 16.1 Å². The molecule has 0 aliphatic carbocycles. The van der Waals surface area contributed by atoms with Gasteiger partial charge < -0.3 is 5.32 Å². The first-order valence-corrected chi connectivity index (χ1v) is 10.4. The van der Waals surface area contributed by atoms with Crippen LogP contribution >= 0.6 is 11.8 Å². The number of nitrogens with one attached hydrogen (secondary N) is 1. The number of hydrogen-bond acceptors (Lipinski definition) is 7. The van der Waals surface area contributed by atoms with Gasteiger partial charge in [0.1, 0.15) is 0 Å². The van der Waals surface area contributed by atoms with Gasteiger partial charge in [0.25, 0.3) is 11.8 Å². The van der Waals surface area contributed by atoms with Crippen molar-refractivity contribution in [1.29, 1.82) is 0 Å². The fourth-order valence-corrected chi connectivity index (χ4v) is 3.50. The number of nitrogens with zero attached hydrogens (tertiary/aromatic N) is 3. The number of likely N-dealkylation sites (tertiary alicyclic amines) is 1. The third-order valence-corrected chi connectivity index (χ3v) is 5.50. The Morgan fingerprint density at radius 2 is 1.90 bits per heavy atom. The van der Waals surface area contributed by atoms with Crippen LogP contribution in [-0.4, -0.2) is 58.3 Å². The molecule has 30 heavy (non-hydrogen) atoms. The fourth-order valence-electron chi connectivity index (χ4n) is 2.88. The van der Waals surface area contributed by atoms with Gasteiger partial charge in [-0.15, -0.1) is 0 Å². The number of thioether (sulfide) groups is 1. The Labute approximate surface area is 177 Å². The lowest BCUT2D eigenvalue weighted by Gasteiger charge is -2.12. The summed E-state index contributed by atoms with van der Waals surface area (Å²) in [6, 6.07) is 10.2. The van der Waals surface area contributed by atoms with Crippen LogP contribution in [0.3, 0.4) is 0 Å². The van der Waals surface area contributed by atoms with Gasteiger partial charge in [-0.1, -0.05) is 12.1 Å². The maximum Gasteiger partial charge on any atom is 0.268 e. The highest BCUT2D eigenvalue weighted by Gasteiger charge is 2.42. The number of benzene rings is 1. The third-order valence-electron chi connectivity index (χ3n) is 4.56. The Hall–Kier alpha value is -3.33. The van der Waals surface area contributed by atoms with Crippen LogP contribution in [0, 0.1) is 0 Å². The van der Waals surface area contributed by atoms with Crippen LogP contribution in [0.1, 0.15) is 38.4 Å². The second kappa shape index (κ2) is 9.45. The zero-order valence-electron chi connectivity index (χ0n) is 16.5. The van der Waals surface area contributed by atoms with E-state index >= 15 is 0 Å². The molecule has 1 fully saturated rings. The Balaban J connectivity index is 1.61. The highest BCUT2D eigenvalue weighted by Crippen LogP contribution is 2.24. The standard InChI is InChI=1S/C21H20N4O4S/c1-22-19(27)14-5-3-13(4-6-14)10-23-12-16-8-7-15(11-24-16)20(28)25-18(26)9-17(30-2)21(25)29/h3-8,10-11,17H,9,12H2,1-2H3,(H,22,27). The number of aromatic nitrogens is 1. The van der Waals surface area contributed by atoms with Crippen molar-refractivity contribution in [2.24, 2.45) is 4.99 Å². The number of hydrogen-bond donors (Lipinski definition) is 1. The van der Waals surface area contributed by atoms with Gasteiger partial charge in [0.15, 0.2) is 0 Å². The van der Waals surface area contributed by atoms with Crippen molar-refractivity contribution in [2.75, 3.05) is 13.3 Å². The first-order valence-electron chi connectivity index (χ1n) is 9.15. The monoisotopic (exact) mass is 424 g/mol. The predicted molar refractivity (Wildman–Crippen MR) is 113 cm³/mol. The van der Waals surface area contributed by atoms with Gasteiger partial charge in [0.2, 0.25) is 11.8 Å². The Kier molecular flexibility index (Phi) is 6.73. The van der Waals surface area contributed by atoms with E-state index in [1.54, 1.807) is 49.8 Å². The molecule has 8 nitrogen and oxygen atoms in total. The minimum Gasteiger partial charge on any atom is -0.355 e. The Bertz CT molecular complexity index is 1000. The van der Waals surface area contributed by atoms with Crippen LogP contribution in [0.5, 0.6) is 0 Å². The zero-order valence-corrected chi connectivity index (χ0v) is 17.3. The van der Waals surface area contributed by atoms with E-state index in [1.165, 1.54) is 24.0 Å². The second-order valence-corrected chi connectivity index (χ2v) is 7.55. The molecule has 2 aromatic rings. The molecule has 0 radical (unpaired) electrons. The van der Waals surface area contributed by atoms with Crippen molar-refractivity contribution >= 4 is 41.6 Å². The maximum atomic E-state index is 12.5. The summed E-state index contributed by atoms with van der Waals surface area (Å²) in [6.07, 6.45) is 4.78. The van der Waals surface area contributed by atoms with E-state index < -0.39 is 23.0 Å². The van der Waals surface area contributed by atoms with Crippen molar-refractivity contribution in [2.45, 2.75) is 18.2 Å². The molecule has 4 amide bonds. The van der Waals surface area contributed by atoms with E-state index in [9.17, 15) is 19.2 Å². The topological polar surface area (TPSA) is 109 Å². The smallest absolute Gasteiger partial charge is 0.268 e. The minimum absolute atomic E-state index is 0.0378. The van der Waals surface area contributed by atoms with Crippen LogP contribution < -0.4 is 5.32 Å². The SMILES string of the molecule is CNC(=O)c1ccc(C=NCc2ccc(C(=O)N3C(=O)CC(SC)C3=O)cn2)cc1. The van der Waals surface area contributed by atoms with Gasteiger partial charge in [-0.3, -0.25) is 29.2 Å². The summed E-state index contributed by atoms with van der Waals surface area (Å²) in [6.45, 7) is 0.293. The van der Waals surface area contributed by atoms with E-state index in [-0.39, 0.29) is 17.9 Å². The van der Waals surface area contributed by atoms with Crippen molar-refractivity contribution in [3.05, 3.63) is 65.0 Å². The van der Waals surface area contributed by atoms with Crippen molar-refractivity contribution in [3.63, 3.8) is 0 Å². The van der Waals surface area contributed by atoms with Crippen LogP contribution in [0.4, 0.5) is 0 Å². The Morgan fingerprint density at radius 3 is 2.47 bits per heavy atom. The fraction of sp³-hybridized carbons (Fsp3) is 0.238. The van der Waals surface area contributed by atoms with Gasteiger partial charge >= 0.3 is 0 Å². The molecule has 1 aromatic heterocycles. The highest BCUT2D eigenvalue weighted by atomic mass is 32.2. The molecule has 1 aliphatic heterocycles. The van der Waals surface area contributed by atoms with Crippen LogP contribution in [0.25, 0.3) is 0 Å². The predicted octanol–water partition coefficient (Wildman–Crippen LogP) is 1.69. The lowest BCUT2D eigenvalue weighted by molar-refractivity contribution is -0.134.